The molecule has 3 aromatic rings. The first-order valence-corrected chi connectivity index (χ1v) is 12.5. The number of aliphatic hydroxyl groups is 1. The maximum atomic E-state index is 13.4. The lowest BCUT2D eigenvalue weighted by atomic mass is 9.64. The fourth-order valence-electron chi connectivity index (χ4n) is 4.68. The number of hydrogen-bond acceptors (Lipinski definition) is 6. The van der Waals surface area contributed by atoms with Crippen molar-refractivity contribution in [2.75, 3.05) is 5.32 Å². The zero-order chi connectivity index (χ0) is 25.5. The van der Waals surface area contributed by atoms with Crippen LogP contribution in [0.25, 0.3) is 5.70 Å². The summed E-state index contributed by atoms with van der Waals surface area (Å²) in [6, 6.07) is 8.27. The summed E-state index contributed by atoms with van der Waals surface area (Å²) < 4.78 is 40.1. The fourth-order valence-corrected chi connectivity index (χ4v) is 5.22. The maximum absolute atomic E-state index is 13.4. The van der Waals surface area contributed by atoms with E-state index in [0.29, 0.717) is 28.5 Å². The van der Waals surface area contributed by atoms with Gasteiger partial charge in [0.2, 0.25) is 0 Å². The largest absolute Gasteiger partial charge is 0.416 e. The van der Waals surface area contributed by atoms with Crippen LogP contribution >= 0.6 is 11.3 Å². The average molecular weight is 513 g/mol. The minimum absolute atomic E-state index is 0.0371. The van der Waals surface area contributed by atoms with Crippen molar-refractivity contribution in [2.45, 2.75) is 38.0 Å². The van der Waals surface area contributed by atoms with Gasteiger partial charge in [-0.15, -0.1) is 11.3 Å². The van der Waals surface area contributed by atoms with E-state index in [2.05, 4.69) is 15.3 Å². The summed E-state index contributed by atoms with van der Waals surface area (Å²) in [7, 11) is 0. The molecule has 1 fully saturated rings. The first-order chi connectivity index (χ1) is 17.2. The third-order valence-electron chi connectivity index (χ3n) is 6.84. The van der Waals surface area contributed by atoms with E-state index in [1.165, 1.54) is 29.7 Å². The standard InChI is InChI=1S/C26H23F3N4O2S/c1-2-25(35,16-4-3-5-17(11-16)26(27,28)29)23-19-8-6-15(19)10-21(33-23)20-9-7-18(12-30-20)32-24(34)22-13-36-14-31-22/h3-5,7,9-15,19,35H,2,6,8H2,1H3,(H,32,34). The molecule has 0 bridgehead atoms. The van der Waals surface area contributed by atoms with Crippen molar-refractivity contribution < 1.29 is 23.1 Å². The summed E-state index contributed by atoms with van der Waals surface area (Å²) in [6.07, 6.45) is 0.903. The number of carbonyl (C=O) groups is 1. The second kappa shape index (κ2) is 9.25. The molecule has 2 aliphatic rings. The molecule has 5 rings (SSSR count). The average Bonchev–Trinajstić information content (AvgIpc) is 3.39. The van der Waals surface area contributed by atoms with Gasteiger partial charge in [-0.1, -0.05) is 25.1 Å². The molecule has 3 atom stereocenters. The van der Waals surface area contributed by atoms with Gasteiger partial charge in [0, 0.05) is 11.3 Å². The molecule has 3 heterocycles. The molecule has 0 spiro atoms. The second-order valence-corrected chi connectivity index (χ2v) is 9.67. The molecule has 2 N–H and O–H groups in total. The van der Waals surface area contributed by atoms with Gasteiger partial charge >= 0.3 is 6.18 Å². The monoisotopic (exact) mass is 512 g/mol. The number of aromatic nitrogens is 2. The van der Waals surface area contributed by atoms with Gasteiger partial charge in [0.05, 0.1) is 40.1 Å². The molecule has 10 heteroatoms. The van der Waals surface area contributed by atoms with Crippen LogP contribution in [0.15, 0.2) is 64.6 Å². The molecule has 1 aromatic carbocycles. The van der Waals surface area contributed by atoms with Crippen LogP contribution in [0.1, 0.15) is 53.5 Å². The number of halogens is 3. The number of pyridine rings is 1. The third-order valence-corrected chi connectivity index (χ3v) is 7.43. The third kappa shape index (κ3) is 4.46. The van der Waals surface area contributed by atoms with Crippen LogP contribution in [0, 0.1) is 11.8 Å². The first kappa shape index (κ1) is 24.3. The van der Waals surface area contributed by atoms with Crippen LogP contribution in [0.2, 0.25) is 0 Å². The summed E-state index contributed by atoms with van der Waals surface area (Å²) >= 11 is 1.32. The molecule has 6 nitrogen and oxygen atoms in total. The summed E-state index contributed by atoms with van der Waals surface area (Å²) in [5.41, 5.74) is 1.71. The number of allylic oxidation sites excluding steroid dienone is 1. The minimum Gasteiger partial charge on any atom is -0.379 e. The van der Waals surface area contributed by atoms with Crippen molar-refractivity contribution >= 4 is 34.3 Å². The molecule has 3 unspecified atom stereocenters. The van der Waals surface area contributed by atoms with Gasteiger partial charge in [-0.2, -0.15) is 13.2 Å². The van der Waals surface area contributed by atoms with Crippen molar-refractivity contribution in [1.29, 1.82) is 0 Å². The van der Waals surface area contributed by atoms with Gasteiger partial charge in [-0.05, 0) is 55.0 Å². The summed E-state index contributed by atoms with van der Waals surface area (Å²) in [5, 5.41) is 16.1. The lowest BCUT2D eigenvalue weighted by Gasteiger charge is -2.44. The molecule has 0 saturated heterocycles. The van der Waals surface area contributed by atoms with Crippen LogP contribution < -0.4 is 5.32 Å². The number of rotatable bonds is 6. The highest BCUT2D eigenvalue weighted by atomic mass is 32.1. The number of anilines is 1. The highest BCUT2D eigenvalue weighted by Crippen LogP contribution is 2.47. The molecular formula is C26H23F3N4O2S. The summed E-state index contributed by atoms with van der Waals surface area (Å²) in [4.78, 5) is 25.4. The Balaban J connectivity index is 1.45. The number of alkyl halides is 3. The Morgan fingerprint density at radius 3 is 2.58 bits per heavy atom. The maximum Gasteiger partial charge on any atom is 0.416 e. The normalized spacial score (nSPS) is 20.9. The van der Waals surface area contributed by atoms with Gasteiger partial charge in [-0.3, -0.25) is 14.8 Å². The number of nitrogens with one attached hydrogen (secondary N) is 1. The predicted molar refractivity (Wildman–Crippen MR) is 132 cm³/mol. The number of fused-ring (bicyclic) bond motifs is 1. The quantitative estimate of drug-likeness (QED) is 0.429. The summed E-state index contributed by atoms with van der Waals surface area (Å²) in [6.45, 7) is 1.74. The Morgan fingerprint density at radius 2 is 1.97 bits per heavy atom. The number of carbonyl (C=O) groups excluding carboxylic acids is 1. The van der Waals surface area contributed by atoms with Gasteiger partial charge in [0.25, 0.3) is 5.91 Å². The lowest BCUT2D eigenvalue weighted by molar-refractivity contribution is -0.137. The Bertz CT molecular complexity index is 1340. The highest BCUT2D eigenvalue weighted by molar-refractivity contribution is 7.07. The smallest absolute Gasteiger partial charge is 0.379 e. The number of nitrogens with zero attached hydrogens (tertiary/aromatic N) is 3. The Morgan fingerprint density at radius 1 is 1.17 bits per heavy atom. The molecular weight excluding hydrogens is 489 g/mol. The number of thiazole rings is 1. The molecule has 1 amide bonds. The number of hydrogen-bond donors (Lipinski definition) is 2. The van der Waals surface area contributed by atoms with Crippen LogP contribution in [-0.4, -0.2) is 26.7 Å². The highest BCUT2D eigenvalue weighted by Gasteiger charge is 2.46. The van der Waals surface area contributed by atoms with Crippen LogP contribution in [0.3, 0.4) is 0 Å². The van der Waals surface area contributed by atoms with Gasteiger partial charge in [0.1, 0.15) is 11.3 Å². The molecule has 0 radical (unpaired) electrons. The summed E-state index contributed by atoms with van der Waals surface area (Å²) in [5.74, 6) is -0.249. The molecule has 1 saturated carbocycles. The van der Waals surface area contributed by atoms with Gasteiger partial charge < -0.3 is 10.4 Å². The topological polar surface area (TPSA) is 87.5 Å². The molecule has 36 heavy (non-hydrogen) atoms. The lowest BCUT2D eigenvalue weighted by Crippen LogP contribution is -2.47. The van der Waals surface area contributed by atoms with Crippen molar-refractivity contribution in [3.8, 4) is 0 Å². The second-order valence-electron chi connectivity index (χ2n) is 8.95. The van der Waals surface area contributed by atoms with Gasteiger partial charge in [0.15, 0.2) is 0 Å². The van der Waals surface area contributed by atoms with E-state index in [9.17, 15) is 23.1 Å². The number of aliphatic imine (C=N–C) groups is 1. The van der Waals surface area contributed by atoms with Crippen molar-refractivity contribution in [3.05, 3.63) is 82.1 Å². The van der Waals surface area contributed by atoms with Crippen molar-refractivity contribution in [3.63, 3.8) is 0 Å². The van der Waals surface area contributed by atoms with E-state index in [0.717, 1.165) is 25.0 Å². The first-order valence-electron chi connectivity index (χ1n) is 11.6. The Hall–Kier alpha value is -3.37. The van der Waals surface area contributed by atoms with Gasteiger partial charge in [-0.25, -0.2) is 4.98 Å². The van der Waals surface area contributed by atoms with E-state index in [4.69, 9.17) is 4.99 Å². The zero-order valence-corrected chi connectivity index (χ0v) is 20.1. The molecule has 1 aliphatic carbocycles. The predicted octanol–water partition coefficient (Wildman–Crippen LogP) is 5.93. The van der Waals surface area contributed by atoms with Crippen LogP contribution in [0.4, 0.5) is 18.9 Å². The van der Waals surface area contributed by atoms with Crippen molar-refractivity contribution in [1.82, 2.24) is 9.97 Å². The van der Waals surface area contributed by atoms with E-state index in [-0.39, 0.29) is 29.7 Å². The number of amides is 1. The zero-order valence-electron chi connectivity index (χ0n) is 19.3. The Kier molecular flexibility index (Phi) is 6.25. The van der Waals surface area contributed by atoms with E-state index >= 15 is 0 Å². The van der Waals surface area contributed by atoms with Crippen LogP contribution in [0.5, 0.6) is 0 Å². The Labute approximate surface area is 209 Å². The van der Waals surface area contributed by atoms with E-state index < -0.39 is 17.3 Å². The van der Waals surface area contributed by atoms with Crippen LogP contribution in [-0.2, 0) is 11.8 Å². The molecule has 2 aromatic heterocycles. The SMILES string of the molecule is CCC(O)(C1=NC(c2ccc(NC(=O)c3cscn3)cn2)=CC2CCC12)c1cccc(C(F)(F)F)c1. The molecule has 1 aliphatic heterocycles. The van der Waals surface area contributed by atoms with E-state index in [1.54, 1.807) is 29.9 Å². The van der Waals surface area contributed by atoms with E-state index in [1.807, 2.05) is 6.08 Å². The molecule has 186 valence electrons. The van der Waals surface area contributed by atoms with Crippen molar-refractivity contribution in [2.24, 2.45) is 16.8 Å². The fraction of sp³-hybridized carbons (Fsp3) is 0.308. The minimum atomic E-state index is -4.51. The number of benzene rings is 1.